The first-order valence-corrected chi connectivity index (χ1v) is 7.01. The minimum atomic E-state index is -2.53. The first-order valence-electron chi connectivity index (χ1n) is 5.85. The Morgan fingerprint density at radius 3 is 2.90 bits per heavy atom. The summed E-state index contributed by atoms with van der Waals surface area (Å²) in [5.74, 6) is 0. The van der Waals surface area contributed by atoms with Crippen molar-refractivity contribution in [1.29, 1.82) is 0 Å². The molecule has 0 aromatic carbocycles. The second-order valence-electron chi connectivity index (χ2n) is 4.46. The number of hydrogen-bond acceptors (Lipinski definition) is 7. The lowest BCUT2D eigenvalue weighted by molar-refractivity contribution is -0.0425. The largest absolute Gasteiger partial charge is 0.390 e. The van der Waals surface area contributed by atoms with E-state index < -0.39 is 38.3 Å². The molecule has 0 saturated carbocycles. The van der Waals surface area contributed by atoms with E-state index in [4.69, 9.17) is 14.5 Å². The summed E-state index contributed by atoms with van der Waals surface area (Å²) in [4.78, 5) is 42.4. The van der Waals surface area contributed by atoms with Crippen LogP contribution in [0, 0.1) is 6.92 Å². The fourth-order valence-electron chi connectivity index (χ4n) is 1.98. The number of ether oxygens (including phenoxy) is 1. The first-order chi connectivity index (χ1) is 9.38. The molecule has 2 heterocycles. The highest BCUT2D eigenvalue weighted by molar-refractivity contribution is 7.39. The zero-order valence-corrected chi connectivity index (χ0v) is 11.5. The highest BCUT2D eigenvalue weighted by Gasteiger charge is 2.36. The zero-order chi connectivity index (χ0) is 14.9. The molecule has 1 aliphatic rings. The van der Waals surface area contributed by atoms with E-state index >= 15 is 0 Å². The summed E-state index contributed by atoms with van der Waals surface area (Å²) in [6.45, 7) is 1.35. The van der Waals surface area contributed by atoms with E-state index in [0.717, 1.165) is 0 Å². The summed E-state index contributed by atoms with van der Waals surface area (Å²) >= 11 is 0. The Hall–Kier alpha value is -1.09. The number of hydrogen-bond donors (Lipinski definition) is 4. The average molecular weight is 306 g/mol. The quantitative estimate of drug-likeness (QED) is 0.509. The van der Waals surface area contributed by atoms with Gasteiger partial charge in [-0.2, -0.15) is 0 Å². The fourth-order valence-corrected chi connectivity index (χ4v) is 2.26. The minimum Gasteiger partial charge on any atom is -0.390 e. The van der Waals surface area contributed by atoms with Gasteiger partial charge in [-0.3, -0.25) is 14.3 Å². The number of rotatable bonds is 4. The van der Waals surface area contributed by atoms with Gasteiger partial charge in [-0.1, -0.05) is 0 Å². The van der Waals surface area contributed by atoms with Crippen LogP contribution in [0.25, 0.3) is 0 Å². The van der Waals surface area contributed by atoms with Gasteiger partial charge in [-0.25, -0.2) is 4.79 Å². The van der Waals surface area contributed by atoms with E-state index in [2.05, 4.69) is 9.51 Å². The Bertz CT molecular complexity index is 584. The van der Waals surface area contributed by atoms with E-state index in [0.29, 0.717) is 5.56 Å². The van der Waals surface area contributed by atoms with Gasteiger partial charge in [-0.05, 0) is 6.92 Å². The number of aryl methyl sites for hydroxylation is 1. The molecule has 1 saturated heterocycles. The van der Waals surface area contributed by atoms with Crippen molar-refractivity contribution in [2.75, 3.05) is 6.61 Å². The van der Waals surface area contributed by atoms with E-state index in [-0.39, 0.29) is 13.0 Å². The second kappa shape index (κ2) is 6.13. The molecule has 3 atom stereocenters. The van der Waals surface area contributed by atoms with Crippen molar-refractivity contribution in [3.05, 3.63) is 32.6 Å². The summed E-state index contributed by atoms with van der Waals surface area (Å²) < 4.78 is 11.2. The Balaban J connectivity index is 2.14. The zero-order valence-electron chi connectivity index (χ0n) is 10.6. The Morgan fingerprint density at radius 1 is 1.55 bits per heavy atom. The standard InChI is InChI=1S/C10H15N2O7P/c1-5-3-12(10(15)11-9(5)14)8-2-6(13)7(19-8)4-18-20(16)17/h3,6-8,13,16-17H,2,4H2,1H3,(H,11,14,15). The minimum absolute atomic E-state index is 0.133. The monoisotopic (exact) mass is 306 g/mol. The molecule has 10 heteroatoms. The molecule has 1 aromatic heterocycles. The maximum atomic E-state index is 11.7. The third-order valence-electron chi connectivity index (χ3n) is 3.01. The van der Waals surface area contributed by atoms with E-state index in [1.807, 2.05) is 0 Å². The van der Waals surface area contributed by atoms with Crippen LogP contribution in [0.15, 0.2) is 15.8 Å². The maximum absolute atomic E-state index is 11.7. The van der Waals surface area contributed by atoms with Crippen molar-refractivity contribution >= 4 is 8.60 Å². The number of H-pyrrole nitrogens is 1. The van der Waals surface area contributed by atoms with Gasteiger partial charge in [0.15, 0.2) is 0 Å². The summed E-state index contributed by atoms with van der Waals surface area (Å²) in [5.41, 5.74) is -0.765. The summed E-state index contributed by atoms with van der Waals surface area (Å²) in [7, 11) is -2.53. The number of nitrogens with one attached hydrogen (secondary N) is 1. The van der Waals surface area contributed by atoms with Crippen molar-refractivity contribution in [1.82, 2.24) is 9.55 Å². The normalized spacial score (nSPS) is 26.4. The van der Waals surface area contributed by atoms with Crippen LogP contribution in [0.5, 0.6) is 0 Å². The van der Waals surface area contributed by atoms with Gasteiger partial charge < -0.3 is 24.2 Å². The molecule has 1 fully saturated rings. The van der Waals surface area contributed by atoms with Crippen LogP contribution in [0.4, 0.5) is 0 Å². The molecule has 0 spiro atoms. The average Bonchev–Trinajstić information content (AvgIpc) is 2.72. The number of aromatic nitrogens is 2. The van der Waals surface area contributed by atoms with Crippen LogP contribution in [0.1, 0.15) is 18.2 Å². The molecule has 2 rings (SSSR count). The molecule has 112 valence electrons. The van der Waals surface area contributed by atoms with Gasteiger partial charge in [0.1, 0.15) is 12.3 Å². The van der Waals surface area contributed by atoms with Gasteiger partial charge in [-0.15, -0.1) is 0 Å². The van der Waals surface area contributed by atoms with Crippen LogP contribution < -0.4 is 11.2 Å². The van der Waals surface area contributed by atoms with Gasteiger partial charge >= 0.3 is 14.3 Å². The predicted molar refractivity (Wildman–Crippen MR) is 67.9 cm³/mol. The number of aliphatic hydroxyl groups is 1. The van der Waals surface area contributed by atoms with Crippen molar-refractivity contribution in [2.24, 2.45) is 0 Å². The molecular weight excluding hydrogens is 291 g/mol. The molecule has 3 unspecified atom stereocenters. The third-order valence-corrected chi connectivity index (χ3v) is 3.39. The lowest BCUT2D eigenvalue weighted by Crippen LogP contribution is -2.33. The van der Waals surface area contributed by atoms with Gasteiger partial charge in [0, 0.05) is 18.2 Å². The molecular formula is C10H15N2O7P. The van der Waals surface area contributed by atoms with Crippen LogP contribution >= 0.6 is 8.60 Å². The van der Waals surface area contributed by atoms with Crippen molar-refractivity contribution in [3.8, 4) is 0 Å². The fraction of sp³-hybridized carbons (Fsp3) is 0.600. The van der Waals surface area contributed by atoms with Crippen molar-refractivity contribution in [3.63, 3.8) is 0 Å². The Kier molecular flexibility index (Phi) is 4.69. The van der Waals surface area contributed by atoms with Gasteiger partial charge in [0.25, 0.3) is 5.56 Å². The van der Waals surface area contributed by atoms with Gasteiger partial charge in [0.05, 0.1) is 12.7 Å². The topological polar surface area (TPSA) is 134 Å². The third kappa shape index (κ3) is 3.32. The molecule has 0 amide bonds. The van der Waals surface area contributed by atoms with Crippen LogP contribution in [-0.2, 0) is 9.26 Å². The van der Waals surface area contributed by atoms with E-state index in [9.17, 15) is 14.7 Å². The summed E-state index contributed by atoms with van der Waals surface area (Å²) in [5, 5.41) is 9.80. The van der Waals surface area contributed by atoms with Gasteiger partial charge in [0.2, 0.25) is 0 Å². The smallest absolute Gasteiger partial charge is 0.330 e. The molecule has 9 nitrogen and oxygen atoms in total. The Morgan fingerprint density at radius 2 is 2.25 bits per heavy atom. The number of nitrogens with zero attached hydrogens (tertiary/aromatic N) is 1. The molecule has 0 radical (unpaired) electrons. The molecule has 1 aliphatic heterocycles. The number of aliphatic hydroxyl groups excluding tert-OH is 1. The van der Waals surface area contributed by atoms with E-state index in [1.54, 1.807) is 6.92 Å². The van der Waals surface area contributed by atoms with Crippen LogP contribution in [-0.4, -0.2) is 43.3 Å². The molecule has 4 N–H and O–H groups in total. The molecule has 1 aromatic rings. The highest BCUT2D eigenvalue weighted by atomic mass is 31.2. The summed E-state index contributed by atoms with van der Waals surface area (Å²) in [6.07, 6.45) is -0.941. The Labute approximate surface area is 114 Å². The molecule has 0 aliphatic carbocycles. The first kappa shape index (κ1) is 15.3. The van der Waals surface area contributed by atoms with E-state index in [1.165, 1.54) is 10.8 Å². The number of aromatic amines is 1. The van der Waals surface area contributed by atoms with Crippen molar-refractivity contribution < 1.29 is 24.2 Å². The summed E-state index contributed by atoms with van der Waals surface area (Å²) in [6, 6.07) is 0. The van der Waals surface area contributed by atoms with Crippen LogP contribution in [0.2, 0.25) is 0 Å². The lowest BCUT2D eigenvalue weighted by atomic mass is 10.2. The SMILES string of the molecule is Cc1cn(C2CC(O)C(COP(O)O)O2)c(=O)[nH]c1=O. The van der Waals surface area contributed by atoms with Crippen molar-refractivity contribution in [2.45, 2.75) is 31.8 Å². The predicted octanol–water partition coefficient (Wildman–Crippen LogP) is -1.28. The van der Waals surface area contributed by atoms with Crippen LogP contribution in [0.3, 0.4) is 0 Å². The molecule has 20 heavy (non-hydrogen) atoms. The highest BCUT2D eigenvalue weighted by Crippen LogP contribution is 2.31. The second-order valence-corrected chi connectivity index (χ2v) is 5.22. The maximum Gasteiger partial charge on any atom is 0.330 e. The lowest BCUT2D eigenvalue weighted by Gasteiger charge is -2.16. The molecule has 0 bridgehead atoms.